The molecule has 0 fully saturated rings. The average molecular weight is 388 g/mol. The second-order valence-corrected chi connectivity index (χ2v) is 6.18. The van der Waals surface area contributed by atoms with Crippen LogP contribution in [0.5, 0.6) is 11.5 Å². The summed E-state index contributed by atoms with van der Waals surface area (Å²) in [7, 11) is 0. The Morgan fingerprint density at radius 2 is 1.18 bits per heavy atom. The van der Waals surface area contributed by atoms with Gasteiger partial charge < -0.3 is 18.9 Å². The van der Waals surface area contributed by atoms with Gasteiger partial charge in [0.2, 0.25) is 0 Å². The highest BCUT2D eigenvalue weighted by Gasteiger charge is 2.05. The number of carbonyl (C=O) groups is 2. The molecule has 0 N–H and O–H groups in total. The van der Waals surface area contributed by atoms with E-state index in [1.165, 1.54) is 0 Å². The molecule has 0 radical (unpaired) electrons. The summed E-state index contributed by atoms with van der Waals surface area (Å²) in [4.78, 5) is 22.7. The van der Waals surface area contributed by atoms with Crippen LogP contribution >= 0.6 is 0 Å². The molecule has 0 heterocycles. The van der Waals surface area contributed by atoms with Crippen molar-refractivity contribution in [2.24, 2.45) is 0 Å². The number of rotatable bonds is 12. The van der Waals surface area contributed by atoms with E-state index in [0.29, 0.717) is 52.1 Å². The van der Waals surface area contributed by atoms with Gasteiger partial charge in [-0.15, -0.1) is 0 Å². The third-order valence-corrected chi connectivity index (χ3v) is 3.98. The maximum absolute atomic E-state index is 11.3. The number of esters is 2. The van der Waals surface area contributed by atoms with Crippen LogP contribution in [0.1, 0.15) is 39.5 Å². The van der Waals surface area contributed by atoms with E-state index in [-0.39, 0.29) is 11.9 Å². The number of hydrogen-bond donors (Lipinski definition) is 0. The topological polar surface area (TPSA) is 71.1 Å². The predicted molar refractivity (Wildman–Crippen MR) is 107 cm³/mol. The van der Waals surface area contributed by atoms with Crippen LogP contribution < -0.4 is 9.47 Å². The minimum atomic E-state index is -0.200. The molecule has 0 amide bonds. The van der Waals surface area contributed by atoms with Crippen LogP contribution in [-0.4, -0.2) is 38.4 Å². The monoisotopic (exact) mass is 388 g/mol. The summed E-state index contributed by atoms with van der Waals surface area (Å²) < 4.78 is 21.3. The molecule has 0 aliphatic rings. The van der Waals surface area contributed by atoms with Crippen molar-refractivity contribution in [2.75, 3.05) is 26.4 Å². The van der Waals surface area contributed by atoms with Gasteiger partial charge in [0.05, 0.1) is 26.4 Å². The average Bonchev–Trinajstić information content (AvgIpc) is 2.69. The molecule has 6 heteroatoms. The minimum absolute atomic E-state index is 0.200. The quantitative estimate of drug-likeness (QED) is 0.399. The van der Waals surface area contributed by atoms with Crippen LogP contribution in [0.4, 0.5) is 0 Å². The first-order valence-corrected chi connectivity index (χ1v) is 9.73. The highest BCUT2D eigenvalue weighted by Crippen LogP contribution is 2.25. The molecule has 2 rings (SSSR count). The van der Waals surface area contributed by atoms with Crippen LogP contribution in [0.3, 0.4) is 0 Å². The number of ether oxygens (including phenoxy) is 4. The van der Waals surface area contributed by atoms with Crippen LogP contribution in [0.25, 0.3) is 10.8 Å². The van der Waals surface area contributed by atoms with Crippen molar-refractivity contribution < 1.29 is 28.5 Å². The van der Waals surface area contributed by atoms with Gasteiger partial charge in [-0.1, -0.05) is 12.1 Å². The molecular formula is C22H28O6. The van der Waals surface area contributed by atoms with E-state index in [1.54, 1.807) is 13.8 Å². The molecule has 0 saturated heterocycles. The van der Waals surface area contributed by atoms with Gasteiger partial charge in [-0.3, -0.25) is 9.59 Å². The van der Waals surface area contributed by atoms with Crippen molar-refractivity contribution in [1.29, 1.82) is 0 Å². The van der Waals surface area contributed by atoms with E-state index < -0.39 is 0 Å². The summed E-state index contributed by atoms with van der Waals surface area (Å²) in [6.45, 7) is 5.29. The largest absolute Gasteiger partial charge is 0.494 e. The molecule has 0 aliphatic carbocycles. The van der Waals surface area contributed by atoms with Crippen molar-refractivity contribution in [2.45, 2.75) is 39.5 Å². The lowest BCUT2D eigenvalue weighted by Gasteiger charge is -2.09. The molecule has 0 unspecified atom stereocenters. The summed E-state index contributed by atoms with van der Waals surface area (Å²) in [5.74, 6) is 1.09. The van der Waals surface area contributed by atoms with Gasteiger partial charge in [-0.25, -0.2) is 0 Å². The Kier molecular flexibility index (Phi) is 9.11. The minimum Gasteiger partial charge on any atom is -0.494 e. The molecule has 0 aliphatic heterocycles. The molecule has 2 aromatic carbocycles. The number of fused-ring (bicyclic) bond motifs is 1. The number of benzene rings is 2. The summed E-state index contributed by atoms with van der Waals surface area (Å²) in [5.41, 5.74) is 0. The first-order valence-electron chi connectivity index (χ1n) is 9.73. The second-order valence-electron chi connectivity index (χ2n) is 6.18. The van der Waals surface area contributed by atoms with Crippen LogP contribution in [0.2, 0.25) is 0 Å². The molecule has 6 nitrogen and oxygen atoms in total. The third-order valence-electron chi connectivity index (χ3n) is 3.98. The molecule has 0 bridgehead atoms. The highest BCUT2D eigenvalue weighted by molar-refractivity contribution is 5.85. The first-order chi connectivity index (χ1) is 13.6. The zero-order chi connectivity index (χ0) is 20.2. The molecule has 2 aromatic rings. The number of carbonyl (C=O) groups excluding carboxylic acids is 2. The Labute approximate surface area is 165 Å². The Hall–Kier alpha value is -2.76. The zero-order valence-electron chi connectivity index (χ0n) is 16.6. The molecular weight excluding hydrogens is 360 g/mol. The molecule has 152 valence electrons. The van der Waals surface area contributed by atoms with Gasteiger partial charge >= 0.3 is 11.9 Å². The molecule has 0 aromatic heterocycles. The smallest absolute Gasteiger partial charge is 0.305 e. The maximum atomic E-state index is 11.3. The van der Waals surface area contributed by atoms with Gasteiger partial charge in [-0.05, 0) is 61.7 Å². The zero-order valence-corrected chi connectivity index (χ0v) is 16.6. The van der Waals surface area contributed by atoms with Crippen molar-refractivity contribution >= 4 is 22.7 Å². The molecule has 0 saturated carbocycles. The molecule has 0 spiro atoms. The summed E-state index contributed by atoms with van der Waals surface area (Å²) in [6.07, 6.45) is 1.93. The van der Waals surface area contributed by atoms with E-state index in [1.807, 2.05) is 36.4 Å². The van der Waals surface area contributed by atoms with Crippen LogP contribution in [-0.2, 0) is 19.1 Å². The fraction of sp³-hybridized carbons (Fsp3) is 0.455. The predicted octanol–water partition coefficient (Wildman–Crippen LogP) is 4.28. The normalized spacial score (nSPS) is 10.5. The van der Waals surface area contributed by atoms with Crippen LogP contribution in [0.15, 0.2) is 36.4 Å². The highest BCUT2D eigenvalue weighted by atomic mass is 16.5. The van der Waals surface area contributed by atoms with Gasteiger partial charge in [-0.2, -0.15) is 0 Å². The third kappa shape index (κ3) is 7.47. The fourth-order valence-corrected chi connectivity index (χ4v) is 2.66. The van der Waals surface area contributed by atoms with Crippen LogP contribution in [0, 0.1) is 0 Å². The summed E-state index contributed by atoms with van der Waals surface area (Å²) >= 11 is 0. The van der Waals surface area contributed by atoms with E-state index in [0.717, 1.165) is 22.3 Å². The van der Waals surface area contributed by atoms with Crippen molar-refractivity contribution in [3.8, 4) is 11.5 Å². The lowest BCUT2D eigenvalue weighted by atomic mass is 10.1. The van der Waals surface area contributed by atoms with E-state index in [4.69, 9.17) is 18.9 Å². The Balaban J connectivity index is 1.83. The van der Waals surface area contributed by atoms with Crippen molar-refractivity contribution in [3.63, 3.8) is 0 Å². The molecule has 28 heavy (non-hydrogen) atoms. The lowest BCUT2D eigenvalue weighted by molar-refractivity contribution is -0.144. The van der Waals surface area contributed by atoms with E-state index >= 15 is 0 Å². The summed E-state index contributed by atoms with van der Waals surface area (Å²) in [6, 6.07) is 11.7. The molecule has 0 atom stereocenters. The van der Waals surface area contributed by atoms with Gasteiger partial charge in [0.15, 0.2) is 0 Å². The Morgan fingerprint density at radius 3 is 1.61 bits per heavy atom. The van der Waals surface area contributed by atoms with Gasteiger partial charge in [0, 0.05) is 12.8 Å². The first kappa shape index (κ1) is 21.5. The number of hydrogen-bond acceptors (Lipinski definition) is 6. The van der Waals surface area contributed by atoms with Crippen molar-refractivity contribution in [1.82, 2.24) is 0 Å². The second kappa shape index (κ2) is 11.8. The van der Waals surface area contributed by atoms with Gasteiger partial charge in [0.25, 0.3) is 0 Å². The van der Waals surface area contributed by atoms with Gasteiger partial charge in [0.1, 0.15) is 11.5 Å². The maximum Gasteiger partial charge on any atom is 0.305 e. The SMILES string of the molecule is CCOC(=O)CCCOc1ccc2ccc(OCCCC(=O)OCC)cc2c1. The standard InChI is InChI=1S/C22H28O6/c1-3-25-21(23)7-5-13-27-19-11-9-17-10-12-20(16-18(17)15-19)28-14-6-8-22(24)26-4-2/h9-12,15-16H,3-8,13-14H2,1-2H3. The fourth-order valence-electron chi connectivity index (χ4n) is 2.66. The Morgan fingerprint density at radius 1 is 0.714 bits per heavy atom. The van der Waals surface area contributed by atoms with E-state index in [2.05, 4.69) is 0 Å². The van der Waals surface area contributed by atoms with E-state index in [9.17, 15) is 9.59 Å². The lowest BCUT2D eigenvalue weighted by Crippen LogP contribution is -2.07. The Bertz CT molecular complexity index is 710. The summed E-state index contributed by atoms with van der Waals surface area (Å²) in [5, 5.41) is 2.09. The van der Waals surface area contributed by atoms with Crippen molar-refractivity contribution in [3.05, 3.63) is 36.4 Å².